The zero-order valence-corrected chi connectivity index (χ0v) is 12.7. The molecule has 0 aromatic heterocycles. The first-order valence-electron chi connectivity index (χ1n) is 5.14. The van der Waals surface area contributed by atoms with E-state index in [1.165, 1.54) is 0 Å². The lowest BCUT2D eigenvalue weighted by atomic mass is 11.0. The molecule has 0 N–H and O–H groups in total. The van der Waals surface area contributed by atoms with E-state index in [0.717, 1.165) is 0 Å². The SMILES string of the molecule is C[Si](C)(C)/C=C/N=CN=C[N-][Si](C)(C)C. The molecule has 0 rings (SSSR count). The second-order valence-electron chi connectivity index (χ2n) is 5.51. The fourth-order valence-corrected chi connectivity index (χ4v) is 1.53. The van der Waals surface area contributed by atoms with E-state index < -0.39 is 16.3 Å². The summed E-state index contributed by atoms with van der Waals surface area (Å²) >= 11 is 0. The molecule has 15 heavy (non-hydrogen) atoms. The second kappa shape index (κ2) is 6.02. The van der Waals surface area contributed by atoms with Crippen LogP contribution in [0.3, 0.4) is 0 Å². The molecule has 0 amide bonds. The van der Waals surface area contributed by atoms with Crippen LogP contribution < -0.4 is 0 Å². The van der Waals surface area contributed by atoms with Crippen LogP contribution in [0.5, 0.6) is 0 Å². The van der Waals surface area contributed by atoms with Crippen molar-refractivity contribution in [1.29, 1.82) is 0 Å². The van der Waals surface area contributed by atoms with Gasteiger partial charge in [0, 0.05) is 20.8 Å². The number of hydrogen-bond acceptors (Lipinski definition) is 1. The van der Waals surface area contributed by atoms with Crippen LogP contribution in [-0.4, -0.2) is 29.0 Å². The van der Waals surface area contributed by atoms with Gasteiger partial charge in [-0.3, -0.25) is 4.99 Å². The van der Waals surface area contributed by atoms with E-state index in [-0.39, 0.29) is 0 Å². The van der Waals surface area contributed by atoms with Crippen LogP contribution in [0, 0.1) is 0 Å². The third-order valence-electron chi connectivity index (χ3n) is 1.31. The molecule has 86 valence electrons. The Labute approximate surface area is 95.5 Å². The number of aliphatic imine (C=N–C) groups is 2. The smallest absolute Gasteiger partial charge is 0.0707 e. The van der Waals surface area contributed by atoms with Crippen LogP contribution in [0.4, 0.5) is 0 Å². The van der Waals surface area contributed by atoms with Crippen molar-refractivity contribution < 1.29 is 0 Å². The molecule has 0 saturated carbocycles. The van der Waals surface area contributed by atoms with Crippen LogP contribution in [0.2, 0.25) is 39.3 Å². The lowest BCUT2D eigenvalue weighted by molar-refractivity contribution is 1.55. The Morgan fingerprint density at radius 3 is 2.00 bits per heavy atom. The fourth-order valence-electron chi connectivity index (χ4n) is 0.580. The van der Waals surface area contributed by atoms with Gasteiger partial charge in [-0.05, 0) is 0 Å². The third kappa shape index (κ3) is 13.3. The largest absolute Gasteiger partial charge is 0.478 e. The van der Waals surface area contributed by atoms with Crippen LogP contribution in [0.1, 0.15) is 0 Å². The molecule has 0 atom stereocenters. The molecule has 0 aliphatic heterocycles. The molecule has 0 radical (unpaired) electrons. The Balaban J connectivity index is 3.87. The maximum Gasteiger partial charge on any atom is 0.0707 e. The average molecular weight is 240 g/mol. The van der Waals surface area contributed by atoms with Gasteiger partial charge in [0.1, 0.15) is 0 Å². The predicted molar refractivity (Wildman–Crippen MR) is 76.2 cm³/mol. The molecular formula is C10H22N3Si2-. The van der Waals surface area contributed by atoms with Crippen molar-refractivity contribution >= 4 is 29.0 Å². The zero-order chi connectivity index (χ0) is 11.9. The molecule has 3 nitrogen and oxygen atoms in total. The lowest BCUT2D eigenvalue weighted by Crippen LogP contribution is -2.18. The highest BCUT2D eigenvalue weighted by atomic mass is 28.3. The highest BCUT2D eigenvalue weighted by Crippen LogP contribution is 2.06. The van der Waals surface area contributed by atoms with Gasteiger partial charge in [-0.15, -0.1) is 6.34 Å². The summed E-state index contributed by atoms with van der Waals surface area (Å²) < 4.78 is 0. The number of nitrogens with zero attached hydrogens (tertiary/aromatic N) is 3. The van der Waals surface area contributed by atoms with E-state index in [1.807, 2.05) is 6.20 Å². The molecule has 0 saturated heterocycles. The molecule has 5 heteroatoms. The average Bonchev–Trinajstić information content (AvgIpc) is 1.98. The molecule has 0 bridgehead atoms. The van der Waals surface area contributed by atoms with E-state index in [9.17, 15) is 0 Å². The Hall–Kier alpha value is -0.686. The third-order valence-corrected chi connectivity index (χ3v) is 3.34. The van der Waals surface area contributed by atoms with Crippen molar-refractivity contribution in [2.45, 2.75) is 39.3 Å². The van der Waals surface area contributed by atoms with Gasteiger partial charge in [-0.1, -0.05) is 45.0 Å². The highest BCUT2D eigenvalue weighted by Gasteiger charge is 2.05. The Kier molecular flexibility index (Phi) is 5.74. The summed E-state index contributed by atoms with van der Waals surface area (Å²) in [5.41, 5.74) is 2.18. The summed E-state index contributed by atoms with van der Waals surface area (Å²) in [6, 6.07) is 0. The van der Waals surface area contributed by atoms with E-state index in [0.29, 0.717) is 0 Å². The first kappa shape index (κ1) is 14.3. The van der Waals surface area contributed by atoms with Crippen molar-refractivity contribution in [2.75, 3.05) is 0 Å². The molecule has 0 aliphatic carbocycles. The molecule has 0 unspecified atom stereocenters. The normalized spacial score (nSPS) is 14.5. The van der Waals surface area contributed by atoms with Gasteiger partial charge >= 0.3 is 0 Å². The highest BCUT2D eigenvalue weighted by molar-refractivity contribution is 6.83. The molecular weight excluding hydrogens is 218 g/mol. The maximum absolute atomic E-state index is 4.34. The summed E-state index contributed by atoms with van der Waals surface area (Å²) in [5, 5.41) is 0. The van der Waals surface area contributed by atoms with Crippen LogP contribution in [0.15, 0.2) is 21.9 Å². The topological polar surface area (TPSA) is 38.8 Å². The molecule has 0 aromatic carbocycles. The molecule has 0 fully saturated rings. The minimum absolute atomic E-state index is 1.12. The van der Waals surface area contributed by atoms with Gasteiger partial charge in [0.15, 0.2) is 0 Å². The van der Waals surface area contributed by atoms with E-state index in [4.69, 9.17) is 0 Å². The summed E-state index contributed by atoms with van der Waals surface area (Å²) in [5.74, 6) is 0. The van der Waals surface area contributed by atoms with E-state index in [1.54, 1.807) is 12.7 Å². The van der Waals surface area contributed by atoms with Crippen molar-refractivity contribution in [1.82, 2.24) is 0 Å². The maximum atomic E-state index is 4.34. The van der Waals surface area contributed by atoms with Gasteiger partial charge in [0.05, 0.1) is 8.07 Å². The first-order chi connectivity index (χ1) is 6.71. The van der Waals surface area contributed by atoms with Gasteiger partial charge in [0.25, 0.3) is 0 Å². The molecule has 0 aromatic rings. The van der Waals surface area contributed by atoms with E-state index >= 15 is 0 Å². The van der Waals surface area contributed by atoms with Crippen LogP contribution in [0.25, 0.3) is 4.98 Å². The first-order valence-corrected chi connectivity index (χ1v) is 12.2. The van der Waals surface area contributed by atoms with Crippen molar-refractivity contribution in [3.63, 3.8) is 0 Å². The Bertz CT molecular complexity index is 257. The monoisotopic (exact) mass is 240 g/mol. The zero-order valence-electron chi connectivity index (χ0n) is 10.7. The molecule has 0 aliphatic rings. The molecule has 0 spiro atoms. The van der Waals surface area contributed by atoms with Crippen molar-refractivity contribution in [3.05, 3.63) is 16.9 Å². The summed E-state index contributed by atoms with van der Waals surface area (Å²) in [4.78, 5) is 12.4. The van der Waals surface area contributed by atoms with Crippen LogP contribution in [-0.2, 0) is 0 Å². The Morgan fingerprint density at radius 2 is 1.53 bits per heavy atom. The molecule has 0 heterocycles. The standard InChI is InChI=1S/C10H22N3Si2/c1-14(2,3)8-7-11-9-12-10-13-15(4,5)6/h7-10H,1-6H3/q-1/b8-7+. The predicted octanol–water partition coefficient (Wildman–Crippen LogP) is 3.64. The van der Waals surface area contributed by atoms with Crippen molar-refractivity contribution in [2.24, 2.45) is 9.98 Å². The quantitative estimate of drug-likeness (QED) is 0.400. The summed E-state index contributed by atoms with van der Waals surface area (Å²) in [6.45, 7) is 13.3. The summed E-state index contributed by atoms with van der Waals surface area (Å²) in [6.07, 6.45) is 4.98. The minimum Gasteiger partial charge on any atom is -0.478 e. The fraction of sp³-hybridized carbons (Fsp3) is 0.600. The van der Waals surface area contributed by atoms with Gasteiger partial charge < -0.3 is 9.97 Å². The number of rotatable bonds is 5. The minimum atomic E-state index is -1.35. The van der Waals surface area contributed by atoms with Gasteiger partial charge in [-0.25, -0.2) is 0 Å². The lowest BCUT2D eigenvalue weighted by Gasteiger charge is -2.22. The van der Waals surface area contributed by atoms with Gasteiger partial charge in [0.2, 0.25) is 0 Å². The summed E-state index contributed by atoms with van der Waals surface area (Å²) in [7, 11) is -2.47. The van der Waals surface area contributed by atoms with Gasteiger partial charge in [-0.2, -0.15) is 0 Å². The Morgan fingerprint density at radius 1 is 0.933 bits per heavy atom. The van der Waals surface area contributed by atoms with Crippen molar-refractivity contribution in [3.8, 4) is 0 Å². The second-order valence-corrected chi connectivity index (χ2v) is 15.2. The number of hydrogen-bond donors (Lipinski definition) is 0. The van der Waals surface area contributed by atoms with Crippen LogP contribution >= 0.6 is 0 Å². The van der Waals surface area contributed by atoms with E-state index in [2.05, 4.69) is 59.9 Å².